The molecule has 0 radical (unpaired) electrons. The normalized spacial score (nSPS) is 13.1. The highest BCUT2D eigenvalue weighted by atomic mass is 32.1. The second-order valence-electron chi connectivity index (χ2n) is 6.25. The van der Waals surface area contributed by atoms with E-state index in [1.165, 1.54) is 22.2 Å². The summed E-state index contributed by atoms with van der Waals surface area (Å²) in [5.41, 5.74) is 1.23. The van der Waals surface area contributed by atoms with E-state index in [1.807, 2.05) is 6.92 Å². The first-order valence-corrected chi connectivity index (χ1v) is 9.59. The van der Waals surface area contributed by atoms with Gasteiger partial charge >= 0.3 is 11.7 Å². The Morgan fingerprint density at radius 1 is 1.41 bits per heavy atom. The maximum atomic E-state index is 12.5. The number of aromatic nitrogens is 2. The van der Waals surface area contributed by atoms with Crippen LogP contribution in [-0.4, -0.2) is 33.2 Å². The van der Waals surface area contributed by atoms with Gasteiger partial charge in [-0.15, -0.1) is 11.3 Å². The van der Waals surface area contributed by atoms with Crippen molar-refractivity contribution in [3.8, 4) is 0 Å². The number of nitrogens with one attached hydrogen (secondary N) is 1. The van der Waals surface area contributed by atoms with Crippen LogP contribution in [0, 0.1) is 10.1 Å². The van der Waals surface area contributed by atoms with Gasteiger partial charge in [0.2, 0.25) is 5.91 Å². The second-order valence-corrected chi connectivity index (χ2v) is 7.36. The van der Waals surface area contributed by atoms with E-state index in [4.69, 9.17) is 4.74 Å². The Kier molecular flexibility index (Phi) is 5.84. The number of ether oxygens (including phenoxy) is 1. The summed E-state index contributed by atoms with van der Waals surface area (Å²) in [5, 5.41) is 17.8. The molecule has 0 saturated heterocycles. The average Bonchev–Trinajstić information content (AvgIpc) is 3.23. The number of amides is 1. The largest absolute Gasteiger partial charge is 0.462 e. The molecule has 1 aliphatic rings. The lowest BCUT2D eigenvalue weighted by Crippen LogP contribution is -2.20. The van der Waals surface area contributed by atoms with E-state index in [-0.39, 0.29) is 12.2 Å². The van der Waals surface area contributed by atoms with E-state index in [1.54, 1.807) is 0 Å². The number of esters is 1. The highest BCUT2D eigenvalue weighted by Gasteiger charge is 2.27. The maximum Gasteiger partial charge on any atom is 0.341 e. The topological polar surface area (TPSA) is 116 Å². The van der Waals surface area contributed by atoms with Gasteiger partial charge in [0.15, 0.2) is 0 Å². The zero-order chi connectivity index (χ0) is 19.4. The maximum absolute atomic E-state index is 12.5. The molecule has 10 heteroatoms. The molecular weight excluding hydrogens is 372 g/mol. The van der Waals surface area contributed by atoms with Gasteiger partial charge in [0.05, 0.1) is 17.1 Å². The van der Waals surface area contributed by atoms with Crippen molar-refractivity contribution in [3.63, 3.8) is 0 Å². The molecule has 0 spiro atoms. The third-order valence-corrected chi connectivity index (χ3v) is 5.41. The summed E-state index contributed by atoms with van der Waals surface area (Å²) in [5.74, 6) is -0.822. The van der Waals surface area contributed by atoms with Crippen LogP contribution < -0.4 is 5.32 Å². The lowest BCUT2D eigenvalue weighted by atomic mass is 9.95. The van der Waals surface area contributed by atoms with Crippen LogP contribution in [0.25, 0.3) is 0 Å². The summed E-state index contributed by atoms with van der Waals surface area (Å²) in [6.45, 7) is 2.07. The number of anilines is 1. The van der Waals surface area contributed by atoms with Crippen LogP contribution in [0.1, 0.15) is 47.0 Å². The molecule has 0 aliphatic heterocycles. The van der Waals surface area contributed by atoms with E-state index >= 15 is 0 Å². The van der Waals surface area contributed by atoms with Crippen LogP contribution >= 0.6 is 11.3 Å². The molecule has 0 saturated carbocycles. The van der Waals surface area contributed by atoms with Gasteiger partial charge in [0.25, 0.3) is 0 Å². The molecule has 27 heavy (non-hydrogen) atoms. The molecule has 0 fully saturated rings. The second kappa shape index (κ2) is 8.30. The van der Waals surface area contributed by atoms with E-state index in [2.05, 4.69) is 10.4 Å². The number of carbonyl (C=O) groups excluding carboxylic acids is 2. The fourth-order valence-corrected chi connectivity index (χ4v) is 4.28. The van der Waals surface area contributed by atoms with E-state index in [0.29, 0.717) is 17.2 Å². The molecule has 1 aliphatic carbocycles. The first-order valence-electron chi connectivity index (χ1n) is 8.78. The van der Waals surface area contributed by atoms with Gasteiger partial charge in [0, 0.05) is 4.88 Å². The highest BCUT2D eigenvalue weighted by molar-refractivity contribution is 7.17. The molecule has 144 valence electrons. The highest BCUT2D eigenvalue weighted by Crippen LogP contribution is 2.38. The molecule has 3 rings (SSSR count). The zero-order valence-electron chi connectivity index (χ0n) is 14.9. The molecule has 2 heterocycles. The van der Waals surface area contributed by atoms with Crippen molar-refractivity contribution in [2.24, 2.45) is 0 Å². The lowest BCUT2D eigenvalue weighted by Gasteiger charge is -2.12. The van der Waals surface area contributed by atoms with Gasteiger partial charge in [-0.05, 0) is 37.7 Å². The summed E-state index contributed by atoms with van der Waals surface area (Å²) in [6.07, 6.45) is 6.74. The van der Waals surface area contributed by atoms with Gasteiger partial charge in [0.1, 0.15) is 23.9 Å². The summed E-state index contributed by atoms with van der Waals surface area (Å²) in [7, 11) is 0. The third kappa shape index (κ3) is 4.33. The Bertz CT molecular complexity index is 873. The van der Waals surface area contributed by atoms with Crippen molar-refractivity contribution in [3.05, 3.63) is 38.5 Å². The van der Waals surface area contributed by atoms with Gasteiger partial charge in [-0.25, -0.2) is 4.79 Å². The minimum Gasteiger partial charge on any atom is -0.462 e. The van der Waals surface area contributed by atoms with E-state index in [9.17, 15) is 19.7 Å². The standard InChI is InChI=1S/C17H20N4O5S/c1-2-7-26-17(23)15-12-5-3-4-6-13(12)27-16(15)19-14(22)10-20-9-11(8-18-20)21(24)25/h8-9H,2-7,10H2,1H3,(H,19,22). The molecule has 0 aromatic carbocycles. The van der Waals surface area contributed by atoms with E-state index in [0.717, 1.165) is 48.7 Å². The SMILES string of the molecule is CCCOC(=O)c1c(NC(=O)Cn2cc([N+](=O)[O-])cn2)sc2c1CCCC2. The number of thiophene rings is 1. The molecule has 1 amide bonds. The van der Waals surface area contributed by atoms with Crippen molar-refractivity contribution in [2.75, 3.05) is 11.9 Å². The Labute approximate surface area is 159 Å². The van der Waals surface area contributed by atoms with Crippen molar-refractivity contribution in [1.29, 1.82) is 0 Å². The Balaban J connectivity index is 1.78. The van der Waals surface area contributed by atoms with Crippen molar-refractivity contribution in [2.45, 2.75) is 45.6 Å². The van der Waals surface area contributed by atoms with Crippen molar-refractivity contribution < 1.29 is 19.2 Å². The number of carbonyl (C=O) groups is 2. The van der Waals surface area contributed by atoms with Crippen LogP contribution in [0.3, 0.4) is 0 Å². The summed E-state index contributed by atoms with van der Waals surface area (Å²) < 4.78 is 6.49. The number of nitro groups is 1. The molecule has 2 aromatic heterocycles. The summed E-state index contributed by atoms with van der Waals surface area (Å²) in [6, 6.07) is 0. The minimum atomic E-state index is -0.573. The van der Waals surface area contributed by atoms with Crippen LogP contribution in [0.5, 0.6) is 0 Å². The van der Waals surface area contributed by atoms with Crippen molar-refractivity contribution in [1.82, 2.24) is 9.78 Å². The fraction of sp³-hybridized carbons (Fsp3) is 0.471. The quantitative estimate of drug-likeness (QED) is 0.440. The molecular formula is C17H20N4O5S. The first kappa shape index (κ1) is 19.0. The minimum absolute atomic E-state index is 0.181. The molecule has 0 bridgehead atoms. The Hall–Kier alpha value is -2.75. The predicted molar refractivity (Wildman–Crippen MR) is 99.0 cm³/mol. The van der Waals surface area contributed by atoms with Gasteiger partial charge in [-0.3, -0.25) is 19.6 Å². The van der Waals surface area contributed by atoms with Crippen LogP contribution in [0.4, 0.5) is 10.7 Å². The number of hydrogen-bond donors (Lipinski definition) is 1. The third-order valence-electron chi connectivity index (χ3n) is 4.20. The Morgan fingerprint density at radius 3 is 2.89 bits per heavy atom. The fourth-order valence-electron chi connectivity index (χ4n) is 2.98. The molecule has 0 unspecified atom stereocenters. The predicted octanol–water partition coefficient (Wildman–Crippen LogP) is 2.94. The van der Waals surface area contributed by atoms with E-state index < -0.39 is 16.8 Å². The number of hydrogen-bond acceptors (Lipinski definition) is 7. The number of fused-ring (bicyclic) bond motifs is 1. The van der Waals surface area contributed by atoms with Gasteiger partial charge in [-0.1, -0.05) is 6.92 Å². The molecule has 2 aromatic rings. The lowest BCUT2D eigenvalue weighted by molar-refractivity contribution is -0.385. The zero-order valence-corrected chi connectivity index (χ0v) is 15.7. The van der Waals surface area contributed by atoms with Crippen LogP contribution in [0.2, 0.25) is 0 Å². The number of aryl methyl sites for hydroxylation is 1. The van der Waals surface area contributed by atoms with Crippen molar-refractivity contribution >= 4 is 33.9 Å². The Morgan fingerprint density at radius 2 is 2.19 bits per heavy atom. The summed E-state index contributed by atoms with van der Waals surface area (Å²) >= 11 is 1.40. The summed E-state index contributed by atoms with van der Waals surface area (Å²) in [4.78, 5) is 36.1. The number of nitrogens with zero attached hydrogens (tertiary/aromatic N) is 3. The smallest absolute Gasteiger partial charge is 0.341 e. The monoisotopic (exact) mass is 392 g/mol. The van der Waals surface area contributed by atoms with Gasteiger partial charge in [-0.2, -0.15) is 5.10 Å². The van der Waals surface area contributed by atoms with Crippen LogP contribution in [0.15, 0.2) is 12.4 Å². The molecule has 1 N–H and O–H groups in total. The van der Waals surface area contributed by atoms with Crippen LogP contribution in [-0.2, 0) is 28.9 Å². The number of rotatable bonds is 7. The average molecular weight is 392 g/mol. The molecule has 9 nitrogen and oxygen atoms in total. The molecule has 0 atom stereocenters. The van der Waals surface area contributed by atoms with Gasteiger partial charge < -0.3 is 10.1 Å². The first-order chi connectivity index (χ1) is 13.0.